The normalized spacial score (nSPS) is 17.0. The molecule has 1 saturated heterocycles. The molecular weight excluding hydrogens is 370 g/mol. The third-order valence-electron chi connectivity index (χ3n) is 4.74. The van der Waals surface area contributed by atoms with Crippen molar-refractivity contribution in [3.05, 3.63) is 0 Å². The predicted octanol–water partition coefficient (Wildman–Crippen LogP) is 2.70. The summed E-state index contributed by atoms with van der Waals surface area (Å²) >= 11 is 0. The Kier molecular flexibility index (Phi) is 12.9. The number of ether oxygens (including phenoxy) is 2. The molecular formula is C19H36NO6S-. The number of hydrogen-bond donors (Lipinski definition) is 0. The summed E-state index contributed by atoms with van der Waals surface area (Å²) in [7, 11) is -4.45. The van der Waals surface area contributed by atoms with E-state index in [2.05, 4.69) is 6.92 Å². The SMILES string of the molecule is CCCCCCCCCCCC(=O)OC(CN1CCOCC1)CS(=O)(=O)[O-]. The van der Waals surface area contributed by atoms with Crippen LogP contribution in [0.2, 0.25) is 0 Å². The summed E-state index contributed by atoms with van der Waals surface area (Å²) in [5.74, 6) is -1.09. The number of rotatable bonds is 15. The number of carbonyl (C=O) groups excluding carboxylic acids is 1. The molecule has 1 atom stereocenters. The van der Waals surface area contributed by atoms with Crippen LogP contribution < -0.4 is 0 Å². The van der Waals surface area contributed by atoms with Gasteiger partial charge in [-0.1, -0.05) is 58.3 Å². The number of nitrogens with zero attached hydrogens (tertiary/aromatic N) is 1. The third-order valence-corrected chi connectivity index (χ3v) is 5.52. The van der Waals surface area contributed by atoms with Crippen LogP contribution in [0.5, 0.6) is 0 Å². The lowest BCUT2D eigenvalue weighted by molar-refractivity contribution is -0.149. The molecule has 0 radical (unpaired) electrons. The largest absolute Gasteiger partial charge is 0.748 e. The highest BCUT2D eigenvalue weighted by molar-refractivity contribution is 7.85. The van der Waals surface area contributed by atoms with Crippen molar-refractivity contribution in [3.63, 3.8) is 0 Å². The lowest BCUT2D eigenvalue weighted by atomic mass is 10.1. The molecule has 0 bridgehead atoms. The van der Waals surface area contributed by atoms with E-state index in [0.29, 0.717) is 26.3 Å². The van der Waals surface area contributed by atoms with Crippen LogP contribution in [0.4, 0.5) is 0 Å². The number of unbranched alkanes of at least 4 members (excludes halogenated alkanes) is 8. The van der Waals surface area contributed by atoms with Gasteiger partial charge in [-0.25, -0.2) is 8.42 Å². The van der Waals surface area contributed by atoms with Gasteiger partial charge in [-0.2, -0.15) is 0 Å². The smallest absolute Gasteiger partial charge is 0.306 e. The monoisotopic (exact) mass is 406 g/mol. The van der Waals surface area contributed by atoms with E-state index in [9.17, 15) is 17.8 Å². The summed E-state index contributed by atoms with van der Waals surface area (Å²) in [5.41, 5.74) is 0. The van der Waals surface area contributed by atoms with Crippen LogP contribution >= 0.6 is 0 Å². The summed E-state index contributed by atoms with van der Waals surface area (Å²) < 4.78 is 43.9. The fraction of sp³-hybridized carbons (Fsp3) is 0.947. The second kappa shape index (κ2) is 14.3. The molecule has 1 fully saturated rings. The minimum absolute atomic E-state index is 0.258. The molecule has 0 saturated carbocycles. The Morgan fingerprint density at radius 2 is 1.59 bits per heavy atom. The van der Waals surface area contributed by atoms with E-state index in [0.717, 1.165) is 19.3 Å². The van der Waals surface area contributed by atoms with Gasteiger partial charge in [0.2, 0.25) is 0 Å². The summed E-state index contributed by atoms with van der Waals surface area (Å²) in [6, 6.07) is 0. The van der Waals surface area contributed by atoms with Gasteiger partial charge in [-0.05, 0) is 6.42 Å². The highest BCUT2D eigenvalue weighted by Gasteiger charge is 2.22. The first-order valence-corrected chi connectivity index (χ1v) is 11.9. The van der Waals surface area contributed by atoms with E-state index >= 15 is 0 Å². The standard InChI is InChI=1S/C19H37NO6S/c1-2-3-4-5-6-7-8-9-10-11-19(21)26-18(17-27(22,23)24)16-20-12-14-25-15-13-20/h18H,2-17H2,1H3,(H,22,23,24)/p-1. The second-order valence-corrected chi connectivity index (χ2v) is 8.78. The van der Waals surface area contributed by atoms with Crippen molar-refractivity contribution in [2.75, 3.05) is 38.6 Å². The van der Waals surface area contributed by atoms with Crippen molar-refractivity contribution in [1.82, 2.24) is 4.90 Å². The van der Waals surface area contributed by atoms with E-state index in [1.54, 1.807) is 0 Å². The van der Waals surface area contributed by atoms with E-state index < -0.39 is 27.9 Å². The topological polar surface area (TPSA) is 96.0 Å². The zero-order valence-electron chi connectivity index (χ0n) is 16.7. The zero-order valence-corrected chi connectivity index (χ0v) is 17.5. The molecule has 1 heterocycles. The Morgan fingerprint density at radius 3 is 2.15 bits per heavy atom. The first-order chi connectivity index (χ1) is 12.9. The van der Waals surface area contributed by atoms with Gasteiger partial charge in [0.15, 0.2) is 0 Å². The molecule has 0 spiro atoms. The molecule has 1 aliphatic rings. The molecule has 160 valence electrons. The maximum atomic E-state index is 12.0. The van der Waals surface area contributed by atoms with Gasteiger partial charge in [0.25, 0.3) is 0 Å². The fourth-order valence-corrected chi connectivity index (χ4v) is 3.88. The molecule has 0 N–H and O–H groups in total. The van der Waals surface area contributed by atoms with E-state index in [-0.39, 0.29) is 13.0 Å². The molecule has 0 amide bonds. The molecule has 27 heavy (non-hydrogen) atoms. The van der Waals surface area contributed by atoms with Crippen LogP contribution in [-0.4, -0.2) is 68.5 Å². The second-order valence-electron chi connectivity index (χ2n) is 7.33. The molecule has 7 nitrogen and oxygen atoms in total. The molecule has 0 aromatic heterocycles. The fourth-order valence-electron chi connectivity index (χ4n) is 3.25. The Balaban J connectivity index is 2.21. The Morgan fingerprint density at radius 1 is 1.04 bits per heavy atom. The molecule has 0 aliphatic carbocycles. The average molecular weight is 407 g/mol. The number of morpholine rings is 1. The van der Waals surface area contributed by atoms with E-state index in [4.69, 9.17) is 9.47 Å². The Hall–Kier alpha value is -0.700. The maximum absolute atomic E-state index is 12.0. The molecule has 0 aromatic carbocycles. The third kappa shape index (κ3) is 14.0. The minimum Gasteiger partial charge on any atom is -0.748 e. The first-order valence-electron chi connectivity index (χ1n) is 10.3. The van der Waals surface area contributed by atoms with Crippen LogP contribution in [-0.2, 0) is 24.4 Å². The Labute approximate surface area is 164 Å². The number of carbonyl (C=O) groups is 1. The summed E-state index contributed by atoms with van der Waals surface area (Å²) in [5, 5.41) is 0. The van der Waals surface area contributed by atoms with Crippen LogP contribution in [0.25, 0.3) is 0 Å². The zero-order chi connectivity index (χ0) is 20.0. The summed E-state index contributed by atoms with van der Waals surface area (Å²) in [4.78, 5) is 14.0. The van der Waals surface area contributed by atoms with Crippen molar-refractivity contribution >= 4 is 16.1 Å². The van der Waals surface area contributed by atoms with E-state index in [1.165, 1.54) is 38.5 Å². The van der Waals surface area contributed by atoms with Crippen molar-refractivity contribution in [2.24, 2.45) is 0 Å². The summed E-state index contributed by atoms with van der Waals surface area (Å²) in [6.07, 6.45) is 9.74. The minimum atomic E-state index is -4.45. The van der Waals surface area contributed by atoms with Crippen LogP contribution in [0.15, 0.2) is 0 Å². The van der Waals surface area contributed by atoms with Crippen molar-refractivity contribution in [2.45, 2.75) is 77.2 Å². The van der Waals surface area contributed by atoms with E-state index in [1.807, 2.05) is 4.90 Å². The number of hydrogen-bond acceptors (Lipinski definition) is 7. The Bertz CT molecular complexity index is 490. The lowest BCUT2D eigenvalue weighted by Gasteiger charge is -2.30. The van der Waals surface area contributed by atoms with Gasteiger partial charge >= 0.3 is 5.97 Å². The van der Waals surface area contributed by atoms with Gasteiger partial charge in [-0.15, -0.1) is 0 Å². The quantitative estimate of drug-likeness (QED) is 0.234. The maximum Gasteiger partial charge on any atom is 0.306 e. The molecule has 8 heteroatoms. The van der Waals surface area contributed by atoms with Crippen LogP contribution in [0.3, 0.4) is 0 Å². The highest BCUT2D eigenvalue weighted by Crippen LogP contribution is 2.12. The average Bonchev–Trinajstić information content (AvgIpc) is 2.59. The van der Waals surface area contributed by atoms with Crippen LogP contribution in [0, 0.1) is 0 Å². The number of esters is 1. The lowest BCUT2D eigenvalue weighted by Crippen LogP contribution is -2.44. The molecule has 1 aliphatic heterocycles. The van der Waals surface area contributed by atoms with Crippen molar-refractivity contribution < 1.29 is 27.2 Å². The molecule has 1 unspecified atom stereocenters. The van der Waals surface area contributed by atoms with Crippen molar-refractivity contribution in [1.29, 1.82) is 0 Å². The van der Waals surface area contributed by atoms with Gasteiger partial charge < -0.3 is 14.0 Å². The van der Waals surface area contributed by atoms with Crippen molar-refractivity contribution in [3.8, 4) is 0 Å². The molecule has 1 rings (SSSR count). The van der Waals surface area contributed by atoms with Gasteiger partial charge in [0.1, 0.15) is 6.10 Å². The molecule has 0 aromatic rings. The summed E-state index contributed by atoms with van der Waals surface area (Å²) in [6.45, 7) is 4.87. The highest BCUT2D eigenvalue weighted by atomic mass is 32.2. The predicted molar refractivity (Wildman–Crippen MR) is 104 cm³/mol. The van der Waals surface area contributed by atoms with Gasteiger partial charge in [-0.3, -0.25) is 9.69 Å². The van der Waals surface area contributed by atoms with Gasteiger partial charge in [0, 0.05) is 26.1 Å². The first kappa shape index (κ1) is 24.3. The van der Waals surface area contributed by atoms with Gasteiger partial charge in [0.05, 0.1) is 29.1 Å². The van der Waals surface area contributed by atoms with Crippen LogP contribution in [0.1, 0.15) is 71.1 Å².